The molecule has 0 amide bonds. The molecule has 5 heteroatoms. The fraction of sp³-hybridized carbons (Fsp3) is 0.0500. The Kier molecular flexibility index (Phi) is 4.04. The smallest absolute Gasteiger partial charge is 0.211 e. The van der Waals surface area contributed by atoms with Crippen molar-refractivity contribution in [3.63, 3.8) is 0 Å². The van der Waals surface area contributed by atoms with Gasteiger partial charge in [0.2, 0.25) is 5.58 Å². The van der Waals surface area contributed by atoms with Crippen LogP contribution in [-0.4, -0.2) is 15.1 Å². The van der Waals surface area contributed by atoms with Gasteiger partial charge < -0.3 is 4.52 Å². The number of benzene rings is 2. The van der Waals surface area contributed by atoms with Crippen LogP contribution in [0.4, 0.5) is 0 Å². The lowest BCUT2D eigenvalue weighted by Gasteiger charge is -2.02. The van der Waals surface area contributed by atoms with E-state index in [1.54, 1.807) is 0 Å². The third-order valence-electron chi connectivity index (χ3n) is 3.84. The molecule has 0 aliphatic rings. The van der Waals surface area contributed by atoms with Crippen LogP contribution in [0.25, 0.3) is 34.6 Å². The third-order valence-corrected chi connectivity index (χ3v) is 4.10. The highest BCUT2D eigenvalue weighted by Gasteiger charge is 2.14. The summed E-state index contributed by atoms with van der Waals surface area (Å²) >= 11 is 5.93. The zero-order valence-corrected chi connectivity index (χ0v) is 14.2. The Hall–Kier alpha value is -2.98. The van der Waals surface area contributed by atoms with Gasteiger partial charge in [-0.3, -0.25) is 0 Å². The maximum Gasteiger partial charge on any atom is 0.211 e. The van der Waals surface area contributed by atoms with Gasteiger partial charge in [0.25, 0.3) is 0 Å². The molecule has 0 unspecified atom stereocenters. The van der Waals surface area contributed by atoms with E-state index in [0.717, 1.165) is 22.3 Å². The Morgan fingerprint density at radius 3 is 2.44 bits per heavy atom. The van der Waals surface area contributed by atoms with Crippen molar-refractivity contribution < 1.29 is 4.52 Å². The first-order valence-electron chi connectivity index (χ1n) is 7.84. The van der Waals surface area contributed by atoms with Crippen LogP contribution in [-0.2, 0) is 0 Å². The number of aryl methyl sites for hydroxylation is 1. The predicted molar refractivity (Wildman–Crippen MR) is 100 cm³/mol. The highest BCUT2D eigenvalue weighted by atomic mass is 35.5. The van der Waals surface area contributed by atoms with E-state index in [9.17, 15) is 0 Å². The number of hydrogen-bond donors (Lipinski definition) is 0. The molecule has 2 heterocycles. The van der Waals surface area contributed by atoms with Gasteiger partial charge in [0.15, 0.2) is 5.82 Å². The molecule has 4 rings (SSSR count). The number of halogens is 1. The van der Waals surface area contributed by atoms with Crippen molar-refractivity contribution in [3.05, 3.63) is 76.6 Å². The molecule has 122 valence electrons. The summed E-state index contributed by atoms with van der Waals surface area (Å²) in [6.45, 7) is 1.88. The van der Waals surface area contributed by atoms with Gasteiger partial charge in [-0.2, -0.15) is 0 Å². The van der Waals surface area contributed by atoms with Crippen molar-refractivity contribution in [3.8, 4) is 11.4 Å². The highest BCUT2D eigenvalue weighted by molar-refractivity contribution is 6.30. The molecular formula is C20H14ClN3O. The summed E-state index contributed by atoms with van der Waals surface area (Å²) in [6.07, 6.45) is 3.87. The van der Waals surface area contributed by atoms with Crippen molar-refractivity contribution in [2.24, 2.45) is 0 Å². The second kappa shape index (κ2) is 6.49. The lowest BCUT2D eigenvalue weighted by Crippen LogP contribution is -1.93. The van der Waals surface area contributed by atoms with E-state index in [4.69, 9.17) is 16.1 Å². The van der Waals surface area contributed by atoms with E-state index in [0.29, 0.717) is 22.1 Å². The zero-order valence-electron chi connectivity index (χ0n) is 13.5. The molecule has 0 N–H and O–H groups in total. The number of nitrogens with zero attached hydrogens (tertiary/aromatic N) is 3. The summed E-state index contributed by atoms with van der Waals surface area (Å²) in [5.74, 6) is 0.648. The first-order chi connectivity index (χ1) is 12.2. The Labute approximate surface area is 149 Å². The van der Waals surface area contributed by atoms with Crippen molar-refractivity contribution in [1.29, 1.82) is 0 Å². The van der Waals surface area contributed by atoms with E-state index in [1.807, 2.05) is 73.7 Å². The van der Waals surface area contributed by atoms with Crippen LogP contribution in [0.5, 0.6) is 0 Å². The number of aromatic nitrogens is 3. The lowest BCUT2D eigenvalue weighted by atomic mass is 10.1. The van der Waals surface area contributed by atoms with Crippen molar-refractivity contribution in [1.82, 2.24) is 15.1 Å². The third kappa shape index (κ3) is 3.16. The monoisotopic (exact) mass is 347 g/mol. The Bertz CT molecular complexity index is 1050. The number of hydrogen-bond acceptors (Lipinski definition) is 4. The molecule has 0 radical (unpaired) electrons. The van der Waals surface area contributed by atoms with Crippen LogP contribution < -0.4 is 0 Å². The highest BCUT2D eigenvalue weighted by Crippen LogP contribution is 2.25. The first kappa shape index (κ1) is 15.5. The van der Waals surface area contributed by atoms with Gasteiger partial charge in [-0.25, -0.2) is 9.97 Å². The zero-order chi connectivity index (χ0) is 17.2. The molecule has 2 aromatic heterocycles. The number of rotatable bonds is 3. The minimum Gasteiger partial charge on any atom is -0.352 e. The summed E-state index contributed by atoms with van der Waals surface area (Å²) in [4.78, 5) is 9.27. The maximum atomic E-state index is 5.93. The molecular weight excluding hydrogens is 334 g/mol. The molecule has 0 saturated carbocycles. The van der Waals surface area contributed by atoms with Crippen LogP contribution in [0.3, 0.4) is 0 Å². The quantitative estimate of drug-likeness (QED) is 0.496. The standard InChI is InChI=1S/C20H14ClN3O/c1-13-18-19(25-24-13)17(12-9-14-7-10-16(21)11-8-14)22-20(23-18)15-5-3-2-4-6-15/h2-12H,1H3/b12-9+. The van der Waals surface area contributed by atoms with Gasteiger partial charge in [-0.05, 0) is 30.7 Å². The van der Waals surface area contributed by atoms with Gasteiger partial charge >= 0.3 is 0 Å². The SMILES string of the molecule is Cc1noc2c(/C=C/c3ccc(Cl)cc3)nc(-c3ccccc3)nc12. The van der Waals surface area contributed by atoms with Crippen LogP contribution in [0, 0.1) is 6.92 Å². The fourth-order valence-electron chi connectivity index (χ4n) is 2.54. The van der Waals surface area contributed by atoms with Crippen molar-refractivity contribution >= 4 is 34.9 Å². The summed E-state index contributed by atoms with van der Waals surface area (Å²) in [6, 6.07) is 17.5. The van der Waals surface area contributed by atoms with Gasteiger partial charge in [0.05, 0.1) is 0 Å². The maximum absolute atomic E-state index is 5.93. The molecule has 4 aromatic rings. The van der Waals surface area contributed by atoms with E-state index >= 15 is 0 Å². The second-order valence-electron chi connectivity index (χ2n) is 5.63. The summed E-state index contributed by atoms with van der Waals surface area (Å²) < 4.78 is 5.43. The predicted octanol–water partition coefficient (Wildman–Crippen LogP) is 5.42. The van der Waals surface area contributed by atoms with Crippen molar-refractivity contribution in [2.45, 2.75) is 6.92 Å². The molecule has 0 atom stereocenters. The van der Waals surface area contributed by atoms with Gasteiger partial charge in [0, 0.05) is 10.6 Å². The van der Waals surface area contributed by atoms with Gasteiger partial charge in [-0.1, -0.05) is 65.3 Å². The van der Waals surface area contributed by atoms with Crippen LogP contribution in [0.15, 0.2) is 59.1 Å². The fourth-order valence-corrected chi connectivity index (χ4v) is 2.66. The van der Waals surface area contributed by atoms with E-state index in [-0.39, 0.29) is 0 Å². The summed E-state index contributed by atoms with van der Waals surface area (Å²) in [7, 11) is 0. The molecule has 0 aliphatic heterocycles. The molecule has 0 aliphatic carbocycles. The Morgan fingerprint density at radius 2 is 1.68 bits per heavy atom. The normalized spacial score (nSPS) is 11.4. The van der Waals surface area contributed by atoms with Gasteiger partial charge in [0.1, 0.15) is 16.9 Å². The summed E-state index contributed by atoms with van der Waals surface area (Å²) in [5, 5.41) is 4.74. The molecule has 0 fully saturated rings. The topological polar surface area (TPSA) is 51.8 Å². The molecule has 2 aromatic carbocycles. The summed E-state index contributed by atoms with van der Waals surface area (Å²) in [5.41, 5.74) is 4.72. The average Bonchev–Trinajstić information content (AvgIpc) is 3.03. The number of fused-ring (bicyclic) bond motifs is 1. The average molecular weight is 348 g/mol. The molecule has 0 saturated heterocycles. The Morgan fingerprint density at radius 1 is 0.920 bits per heavy atom. The molecule has 4 nitrogen and oxygen atoms in total. The van der Waals surface area contributed by atoms with E-state index in [2.05, 4.69) is 15.1 Å². The van der Waals surface area contributed by atoms with Crippen molar-refractivity contribution in [2.75, 3.05) is 0 Å². The van der Waals surface area contributed by atoms with Crippen LogP contribution in [0.2, 0.25) is 5.02 Å². The minimum absolute atomic E-state index is 0.586. The van der Waals surface area contributed by atoms with Crippen LogP contribution >= 0.6 is 11.6 Å². The van der Waals surface area contributed by atoms with Gasteiger partial charge in [-0.15, -0.1) is 0 Å². The molecule has 0 spiro atoms. The van der Waals surface area contributed by atoms with E-state index in [1.165, 1.54) is 0 Å². The largest absolute Gasteiger partial charge is 0.352 e. The lowest BCUT2D eigenvalue weighted by molar-refractivity contribution is 0.449. The van der Waals surface area contributed by atoms with Crippen LogP contribution in [0.1, 0.15) is 17.0 Å². The molecule has 0 bridgehead atoms. The molecule has 25 heavy (non-hydrogen) atoms. The second-order valence-corrected chi connectivity index (χ2v) is 6.07. The minimum atomic E-state index is 0.586. The Balaban J connectivity index is 1.83. The van der Waals surface area contributed by atoms with E-state index < -0.39 is 0 Å². The first-order valence-corrected chi connectivity index (χ1v) is 8.21.